The van der Waals surface area contributed by atoms with E-state index in [1.807, 2.05) is 31.6 Å². The molecule has 1 atom stereocenters. The molecule has 0 radical (unpaired) electrons. The first-order valence-corrected chi connectivity index (χ1v) is 10.0. The molecule has 0 spiro atoms. The summed E-state index contributed by atoms with van der Waals surface area (Å²) in [6.45, 7) is 11.6. The van der Waals surface area contributed by atoms with Gasteiger partial charge in [0.1, 0.15) is 11.4 Å². The molecule has 2 aromatic heterocycles. The summed E-state index contributed by atoms with van der Waals surface area (Å²) in [5.41, 5.74) is 0.299. The minimum absolute atomic E-state index is 0.127. The summed E-state index contributed by atoms with van der Waals surface area (Å²) < 4.78 is 13.0. The van der Waals surface area contributed by atoms with Gasteiger partial charge in [-0.3, -0.25) is 9.48 Å². The van der Waals surface area contributed by atoms with Gasteiger partial charge in [-0.05, 0) is 45.2 Å². The average Bonchev–Trinajstić information content (AvgIpc) is 3.32. The van der Waals surface area contributed by atoms with Crippen LogP contribution in [0.15, 0.2) is 28.9 Å². The minimum atomic E-state index is -0.536. The van der Waals surface area contributed by atoms with Gasteiger partial charge in [-0.15, -0.1) is 0 Å². The highest BCUT2D eigenvalue weighted by molar-refractivity contribution is 5.92. The number of rotatable bonds is 5. The van der Waals surface area contributed by atoms with Gasteiger partial charge in [0.05, 0.1) is 11.8 Å². The zero-order valence-corrected chi connectivity index (χ0v) is 17.8. The second-order valence-corrected chi connectivity index (χ2v) is 8.89. The molecule has 0 saturated carbocycles. The molecule has 2 amide bonds. The highest BCUT2D eigenvalue weighted by Crippen LogP contribution is 2.22. The van der Waals surface area contributed by atoms with E-state index in [1.165, 1.54) is 0 Å². The molecule has 1 fully saturated rings. The van der Waals surface area contributed by atoms with Crippen LogP contribution in [0.1, 0.15) is 51.6 Å². The Morgan fingerprint density at radius 3 is 2.79 bits per heavy atom. The quantitative estimate of drug-likeness (QED) is 0.826. The van der Waals surface area contributed by atoms with Crippen molar-refractivity contribution < 1.29 is 18.7 Å². The number of nitrogens with zero attached hydrogens (tertiary/aromatic N) is 3. The minimum Gasteiger partial charge on any atom is -0.451 e. The number of carbonyl (C=O) groups is 2. The molecule has 0 aliphatic carbocycles. The van der Waals surface area contributed by atoms with Crippen LogP contribution < -0.4 is 5.32 Å². The van der Waals surface area contributed by atoms with Crippen LogP contribution >= 0.6 is 0 Å². The van der Waals surface area contributed by atoms with E-state index in [9.17, 15) is 9.59 Å². The van der Waals surface area contributed by atoms with Gasteiger partial charge < -0.3 is 19.4 Å². The largest absolute Gasteiger partial charge is 0.451 e. The summed E-state index contributed by atoms with van der Waals surface area (Å²) >= 11 is 0. The van der Waals surface area contributed by atoms with Crippen molar-refractivity contribution in [2.24, 2.45) is 5.92 Å². The number of amides is 2. The van der Waals surface area contributed by atoms with Crippen LogP contribution in [-0.2, 0) is 11.3 Å². The van der Waals surface area contributed by atoms with Gasteiger partial charge in [0, 0.05) is 31.9 Å². The topological polar surface area (TPSA) is 89.6 Å². The van der Waals surface area contributed by atoms with Gasteiger partial charge in [0.15, 0.2) is 5.76 Å². The van der Waals surface area contributed by atoms with E-state index in [4.69, 9.17) is 9.15 Å². The molecule has 29 heavy (non-hydrogen) atoms. The number of hydrogen-bond acceptors (Lipinski definition) is 5. The fourth-order valence-electron chi connectivity index (χ4n) is 3.21. The van der Waals surface area contributed by atoms with Gasteiger partial charge >= 0.3 is 6.09 Å². The summed E-state index contributed by atoms with van der Waals surface area (Å²) in [6.07, 6.45) is 3.97. The Bertz CT molecular complexity index is 862. The number of carbonyl (C=O) groups excluding carboxylic acids is 2. The fourth-order valence-corrected chi connectivity index (χ4v) is 3.21. The molecule has 1 aliphatic rings. The third-order valence-electron chi connectivity index (χ3n) is 4.47. The summed E-state index contributed by atoms with van der Waals surface area (Å²) in [7, 11) is 0. The van der Waals surface area contributed by atoms with Gasteiger partial charge in [-0.1, -0.05) is 13.8 Å². The van der Waals surface area contributed by atoms with Crippen LogP contribution in [0.3, 0.4) is 0 Å². The van der Waals surface area contributed by atoms with Crippen LogP contribution in [0, 0.1) is 5.92 Å². The van der Waals surface area contributed by atoms with E-state index in [-0.39, 0.29) is 23.8 Å². The maximum absolute atomic E-state index is 12.5. The molecule has 8 heteroatoms. The number of aromatic nitrogens is 2. The van der Waals surface area contributed by atoms with Crippen molar-refractivity contribution in [3.05, 3.63) is 30.3 Å². The highest BCUT2D eigenvalue weighted by Gasteiger charge is 2.31. The Kier molecular flexibility index (Phi) is 6.00. The first kappa shape index (κ1) is 21.0. The Morgan fingerprint density at radius 2 is 2.10 bits per heavy atom. The standard InChI is InChI=1S/C21H30N4O4/c1-14(2)11-25-12-15(10-22-25)17-6-7-18(28-17)19(26)23-16-8-9-24(13-16)20(27)29-21(3,4)5/h6-7,10,12,14,16H,8-9,11,13H2,1-5H3,(H,23,26)/t16-/m0/s1. The molecule has 3 heterocycles. The lowest BCUT2D eigenvalue weighted by molar-refractivity contribution is 0.0290. The van der Waals surface area contributed by atoms with E-state index >= 15 is 0 Å². The van der Waals surface area contributed by atoms with E-state index in [0.717, 1.165) is 12.1 Å². The van der Waals surface area contributed by atoms with Crippen LogP contribution in [0.25, 0.3) is 11.3 Å². The van der Waals surface area contributed by atoms with E-state index < -0.39 is 5.60 Å². The second kappa shape index (κ2) is 8.31. The van der Waals surface area contributed by atoms with Crippen molar-refractivity contribution in [2.75, 3.05) is 13.1 Å². The lowest BCUT2D eigenvalue weighted by Gasteiger charge is -2.24. The normalized spacial score (nSPS) is 17.0. The number of furan rings is 1. The molecule has 1 aliphatic heterocycles. The number of hydrogen-bond donors (Lipinski definition) is 1. The van der Waals surface area contributed by atoms with E-state index in [2.05, 4.69) is 24.3 Å². The SMILES string of the molecule is CC(C)Cn1cc(-c2ccc(C(=O)N[C@H]3CCN(C(=O)OC(C)(C)C)C3)o2)cn1. The lowest BCUT2D eigenvalue weighted by atomic mass is 10.2. The molecule has 158 valence electrons. The Hall–Kier alpha value is -2.77. The maximum atomic E-state index is 12.5. The second-order valence-electron chi connectivity index (χ2n) is 8.89. The third-order valence-corrected chi connectivity index (χ3v) is 4.47. The Labute approximate surface area is 171 Å². The molecule has 1 N–H and O–H groups in total. The maximum Gasteiger partial charge on any atom is 0.410 e. The summed E-state index contributed by atoms with van der Waals surface area (Å²) in [5, 5.41) is 7.26. The summed E-state index contributed by atoms with van der Waals surface area (Å²) in [4.78, 5) is 26.3. The molecule has 2 aromatic rings. The highest BCUT2D eigenvalue weighted by atomic mass is 16.6. The number of likely N-dealkylation sites (tertiary alicyclic amines) is 1. The van der Waals surface area contributed by atoms with Gasteiger partial charge in [-0.25, -0.2) is 4.79 Å². The molecular formula is C21H30N4O4. The zero-order valence-electron chi connectivity index (χ0n) is 17.8. The summed E-state index contributed by atoms with van der Waals surface area (Å²) in [6, 6.07) is 3.30. The molecule has 1 saturated heterocycles. The van der Waals surface area contributed by atoms with Gasteiger partial charge in [0.2, 0.25) is 0 Å². The zero-order chi connectivity index (χ0) is 21.2. The van der Waals surface area contributed by atoms with Crippen molar-refractivity contribution in [3.63, 3.8) is 0 Å². The van der Waals surface area contributed by atoms with Crippen LogP contribution in [0.4, 0.5) is 4.79 Å². The van der Waals surface area contributed by atoms with Gasteiger partial charge in [-0.2, -0.15) is 5.10 Å². The predicted octanol–water partition coefficient (Wildman–Crippen LogP) is 3.54. The Morgan fingerprint density at radius 1 is 1.34 bits per heavy atom. The first-order valence-electron chi connectivity index (χ1n) is 10.0. The number of nitrogens with one attached hydrogen (secondary N) is 1. The smallest absolute Gasteiger partial charge is 0.410 e. The fraction of sp³-hybridized carbons (Fsp3) is 0.571. The molecule has 3 rings (SSSR count). The third kappa shape index (κ3) is 5.62. The summed E-state index contributed by atoms with van der Waals surface area (Å²) in [5.74, 6) is 1.05. The van der Waals surface area contributed by atoms with Crippen molar-refractivity contribution in [2.45, 2.75) is 59.2 Å². The lowest BCUT2D eigenvalue weighted by Crippen LogP contribution is -2.40. The van der Waals surface area contributed by atoms with Crippen LogP contribution in [0.5, 0.6) is 0 Å². The number of ether oxygens (including phenoxy) is 1. The van der Waals surface area contributed by atoms with Crippen molar-refractivity contribution >= 4 is 12.0 Å². The molecule has 0 unspecified atom stereocenters. The average molecular weight is 402 g/mol. The van der Waals surface area contributed by atoms with Gasteiger partial charge in [0.25, 0.3) is 5.91 Å². The first-order chi connectivity index (χ1) is 13.6. The van der Waals surface area contributed by atoms with Crippen LogP contribution in [-0.4, -0.2) is 51.4 Å². The molecular weight excluding hydrogens is 372 g/mol. The van der Waals surface area contributed by atoms with E-state index in [0.29, 0.717) is 31.2 Å². The van der Waals surface area contributed by atoms with E-state index in [1.54, 1.807) is 23.2 Å². The van der Waals surface area contributed by atoms with Crippen molar-refractivity contribution in [1.82, 2.24) is 20.0 Å². The molecule has 0 aromatic carbocycles. The van der Waals surface area contributed by atoms with Crippen molar-refractivity contribution in [1.29, 1.82) is 0 Å². The van der Waals surface area contributed by atoms with Crippen molar-refractivity contribution in [3.8, 4) is 11.3 Å². The predicted molar refractivity (Wildman–Crippen MR) is 108 cm³/mol. The monoisotopic (exact) mass is 402 g/mol. The Balaban J connectivity index is 1.56. The molecule has 0 bridgehead atoms. The molecule has 8 nitrogen and oxygen atoms in total. The van der Waals surface area contributed by atoms with Crippen LogP contribution in [0.2, 0.25) is 0 Å².